The van der Waals surface area contributed by atoms with Crippen LogP contribution in [-0.2, 0) is 4.74 Å². The Labute approximate surface area is 163 Å². The number of hydrogen-bond acceptors (Lipinski definition) is 6. The molecule has 0 radical (unpaired) electrons. The van der Waals surface area contributed by atoms with E-state index in [1.54, 1.807) is 18.2 Å². The SMILES string of the molecule is COC(=O)c1cc(C)sc1NC(=O)c1cc2c(ccc3ccccc32)oc1=N. The van der Waals surface area contributed by atoms with E-state index in [1.165, 1.54) is 18.4 Å². The minimum atomic E-state index is -0.528. The van der Waals surface area contributed by atoms with Crippen LogP contribution in [-0.4, -0.2) is 19.0 Å². The zero-order chi connectivity index (χ0) is 19.8. The van der Waals surface area contributed by atoms with E-state index in [2.05, 4.69) is 5.32 Å². The Hall–Kier alpha value is -3.45. The molecule has 6 nitrogen and oxygen atoms in total. The maximum atomic E-state index is 12.9. The predicted octanol–water partition coefficient (Wildman–Crippen LogP) is 4.47. The Morgan fingerprint density at radius 2 is 1.86 bits per heavy atom. The van der Waals surface area contributed by atoms with Gasteiger partial charge in [0, 0.05) is 10.3 Å². The second-order valence-corrected chi connectivity index (χ2v) is 7.49. The van der Waals surface area contributed by atoms with Crippen LogP contribution in [0.2, 0.25) is 0 Å². The highest BCUT2D eigenvalue weighted by atomic mass is 32.1. The lowest BCUT2D eigenvalue weighted by Crippen LogP contribution is -2.21. The molecule has 0 unspecified atom stereocenters. The fourth-order valence-corrected chi connectivity index (χ4v) is 3.99. The quantitative estimate of drug-likeness (QED) is 0.397. The molecule has 2 heterocycles. The molecule has 0 atom stereocenters. The van der Waals surface area contributed by atoms with Crippen molar-refractivity contribution in [2.75, 3.05) is 12.4 Å². The van der Waals surface area contributed by atoms with Crippen LogP contribution in [0.3, 0.4) is 0 Å². The molecule has 0 saturated carbocycles. The van der Waals surface area contributed by atoms with Gasteiger partial charge in [0.05, 0.1) is 12.7 Å². The maximum Gasteiger partial charge on any atom is 0.340 e. The largest absolute Gasteiger partial charge is 0.465 e. The van der Waals surface area contributed by atoms with Crippen LogP contribution in [0.4, 0.5) is 5.00 Å². The highest BCUT2D eigenvalue weighted by Gasteiger charge is 2.20. The number of carbonyl (C=O) groups excluding carboxylic acids is 2. The first-order valence-electron chi connectivity index (χ1n) is 8.48. The van der Waals surface area contributed by atoms with E-state index >= 15 is 0 Å². The van der Waals surface area contributed by atoms with Gasteiger partial charge in [-0.3, -0.25) is 10.2 Å². The molecular formula is C21H16N2O4S. The van der Waals surface area contributed by atoms with Crippen LogP contribution in [0.15, 0.2) is 52.9 Å². The molecule has 0 fully saturated rings. The summed E-state index contributed by atoms with van der Waals surface area (Å²) < 4.78 is 10.3. The van der Waals surface area contributed by atoms with Crippen molar-refractivity contribution in [3.05, 3.63) is 70.1 Å². The highest BCUT2D eigenvalue weighted by molar-refractivity contribution is 7.16. The molecule has 2 aromatic carbocycles. The molecule has 0 aliphatic rings. The normalized spacial score (nSPS) is 10.9. The van der Waals surface area contributed by atoms with Crippen molar-refractivity contribution in [2.24, 2.45) is 0 Å². The van der Waals surface area contributed by atoms with E-state index in [1.807, 2.05) is 37.3 Å². The van der Waals surface area contributed by atoms with Crippen LogP contribution < -0.4 is 10.9 Å². The van der Waals surface area contributed by atoms with Gasteiger partial charge >= 0.3 is 5.97 Å². The number of carbonyl (C=O) groups is 2. The number of thiophene rings is 1. The predicted molar refractivity (Wildman–Crippen MR) is 108 cm³/mol. The average Bonchev–Trinajstić information content (AvgIpc) is 3.06. The molecule has 2 aromatic heterocycles. The van der Waals surface area contributed by atoms with Crippen molar-refractivity contribution >= 4 is 50.0 Å². The highest BCUT2D eigenvalue weighted by Crippen LogP contribution is 2.29. The topological polar surface area (TPSA) is 92.4 Å². The lowest BCUT2D eigenvalue weighted by molar-refractivity contribution is 0.0602. The first kappa shape index (κ1) is 17.9. The average molecular weight is 392 g/mol. The van der Waals surface area contributed by atoms with Gasteiger partial charge in [-0.15, -0.1) is 11.3 Å². The van der Waals surface area contributed by atoms with E-state index in [0.717, 1.165) is 21.0 Å². The number of rotatable bonds is 3. The Morgan fingerprint density at radius 1 is 1.07 bits per heavy atom. The van der Waals surface area contributed by atoms with E-state index in [4.69, 9.17) is 14.6 Å². The third kappa shape index (κ3) is 3.05. The second-order valence-electron chi connectivity index (χ2n) is 6.23. The molecule has 4 rings (SSSR count). The van der Waals surface area contributed by atoms with Crippen molar-refractivity contribution in [1.82, 2.24) is 0 Å². The monoisotopic (exact) mass is 392 g/mol. The van der Waals surface area contributed by atoms with Gasteiger partial charge in [-0.2, -0.15) is 0 Å². The summed E-state index contributed by atoms with van der Waals surface area (Å²) in [6, 6.07) is 14.8. The first-order chi connectivity index (χ1) is 13.5. The fraction of sp³-hybridized carbons (Fsp3) is 0.0952. The lowest BCUT2D eigenvalue weighted by Gasteiger charge is -2.08. The summed E-state index contributed by atoms with van der Waals surface area (Å²) in [5.74, 6) is -1.05. The fourth-order valence-electron chi connectivity index (χ4n) is 3.10. The summed E-state index contributed by atoms with van der Waals surface area (Å²) in [4.78, 5) is 25.6. The second kappa shape index (κ2) is 6.94. The molecule has 0 spiro atoms. The molecule has 28 heavy (non-hydrogen) atoms. The first-order valence-corrected chi connectivity index (χ1v) is 9.30. The summed E-state index contributed by atoms with van der Waals surface area (Å²) in [5, 5.41) is 13.9. The minimum absolute atomic E-state index is 0.0886. The van der Waals surface area contributed by atoms with Crippen molar-refractivity contribution in [2.45, 2.75) is 6.92 Å². The van der Waals surface area contributed by atoms with Crippen LogP contribution >= 0.6 is 11.3 Å². The van der Waals surface area contributed by atoms with Gasteiger partial charge < -0.3 is 14.5 Å². The van der Waals surface area contributed by atoms with Gasteiger partial charge in [0.15, 0.2) is 0 Å². The maximum absolute atomic E-state index is 12.9. The summed E-state index contributed by atoms with van der Waals surface area (Å²) in [6.45, 7) is 1.83. The number of esters is 1. The standard InChI is InChI=1S/C21H16N2O4S/c1-11-9-16(21(25)26-2)20(28-11)23-19(24)15-10-14-13-6-4-3-5-12(13)7-8-17(14)27-18(15)22/h3-10,22H,1-2H3,(H,23,24). The third-order valence-electron chi connectivity index (χ3n) is 4.41. The van der Waals surface area contributed by atoms with Gasteiger partial charge in [-0.05, 0) is 35.9 Å². The summed E-state index contributed by atoms with van der Waals surface area (Å²) in [6.07, 6.45) is 0. The van der Waals surface area contributed by atoms with Gasteiger partial charge in [0.25, 0.3) is 5.91 Å². The van der Waals surface area contributed by atoms with Crippen LogP contribution in [0.5, 0.6) is 0 Å². The van der Waals surface area contributed by atoms with E-state index in [0.29, 0.717) is 10.6 Å². The number of anilines is 1. The number of methoxy groups -OCH3 is 1. The van der Waals surface area contributed by atoms with Crippen LogP contribution in [0, 0.1) is 12.3 Å². The van der Waals surface area contributed by atoms with Crippen molar-refractivity contribution < 1.29 is 18.7 Å². The summed E-state index contributed by atoms with van der Waals surface area (Å²) in [5.41, 5.74) is 0.662. The van der Waals surface area contributed by atoms with Gasteiger partial charge in [0.2, 0.25) is 5.55 Å². The van der Waals surface area contributed by atoms with E-state index in [-0.39, 0.29) is 16.7 Å². The molecule has 0 saturated heterocycles. The summed E-state index contributed by atoms with van der Waals surface area (Å²) >= 11 is 1.27. The molecule has 4 aromatic rings. The van der Waals surface area contributed by atoms with E-state index in [9.17, 15) is 9.59 Å². The molecular weight excluding hydrogens is 376 g/mol. The Kier molecular flexibility index (Phi) is 4.44. The molecule has 7 heteroatoms. The minimum Gasteiger partial charge on any atom is -0.465 e. The molecule has 0 aliphatic carbocycles. The zero-order valence-corrected chi connectivity index (χ0v) is 16.0. The number of aryl methyl sites for hydroxylation is 1. The van der Waals surface area contributed by atoms with Crippen molar-refractivity contribution in [1.29, 1.82) is 5.41 Å². The number of hydrogen-bond donors (Lipinski definition) is 2. The van der Waals surface area contributed by atoms with Gasteiger partial charge in [0.1, 0.15) is 16.1 Å². The lowest BCUT2D eigenvalue weighted by atomic mass is 10.0. The smallest absolute Gasteiger partial charge is 0.340 e. The van der Waals surface area contributed by atoms with Crippen molar-refractivity contribution in [3.8, 4) is 0 Å². The van der Waals surface area contributed by atoms with Crippen molar-refractivity contribution in [3.63, 3.8) is 0 Å². The Morgan fingerprint density at radius 3 is 2.64 bits per heavy atom. The molecule has 1 amide bonds. The van der Waals surface area contributed by atoms with Crippen LogP contribution in [0.25, 0.3) is 21.7 Å². The number of nitrogens with one attached hydrogen (secondary N) is 2. The molecule has 140 valence electrons. The molecule has 0 bridgehead atoms. The zero-order valence-electron chi connectivity index (χ0n) is 15.2. The molecule has 0 aliphatic heterocycles. The van der Waals surface area contributed by atoms with Gasteiger partial charge in [-0.1, -0.05) is 30.3 Å². The number of fused-ring (bicyclic) bond motifs is 3. The Balaban J connectivity index is 1.80. The van der Waals surface area contributed by atoms with Crippen LogP contribution in [0.1, 0.15) is 25.6 Å². The number of benzene rings is 2. The molecule has 2 N–H and O–H groups in total. The number of ether oxygens (including phenoxy) is 1. The summed E-state index contributed by atoms with van der Waals surface area (Å²) in [7, 11) is 1.29. The third-order valence-corrected chi connectivity index (χ3v) is 5.37. The Bertz CT molecular complexity index is 1300. The number of amides is 1. The van der Waals surface area contributed by atoms with Gasteiger partial charge in [-0.25, -0.2) is 4.79 Å². The van der Waals surface area contributed by atoms with E-state index < -0.39 is 11.9 Å².